The lowest BCUT2D eigenvalue weighted by Gasteiger charge is -2.13. The van der Waals surface area contributed by atoms with Gasteiger partial charge in [-0.25, -0.2) is 0 Å². The van der Waals surface area contributed by atoms with Gasteiger partial charge in [-0.05, 0) is 22.0 Å². The Morgan fingerprint density at radius 1 is 0.970 bits per heavy atom. The van der Waals surface area contributed by atoms with Crippen LogP contribution >= 0.6 is 15.9 Å². The van der Waals surface area contributed by atoms with E-state index in [-0.39, 0.29) is 33.7 Å². The molecular weight excluding hydrogens is 520 g/mol. The molecule has 0 atom stereocenters. The third-order valence-electron chi connectivity index (χ3n) is 4.29. The second-order valence-electron chi connectivity index (χ2n) is 6.84. The minimum Gasteiger partial charge on any atom is -0.484 e. The fourth-order valence-electron chi connectivity index (χ4n) is 2.95. The van der Waals surface area contributed by atoms with Gasteiger partial charge in [-0.1, -0.05) is 48.5 Å². The van der Waals surface area contributed by atoms with E-state index in [1.165, 1.54) is 18.2 Å². The summed E-state index contributed by atoms with van der Waals surface area (Å²) in [5.74, 6) is -0.896. The zero-order valence-electron chi connectivity index (χ0n) is 16.7. The van der Waals surface area contributed by atoms with Gasteiger partial charge in [0.1, 0.15) is 12.3 Å². The van der Waals surface area contributed by atoms with Crippen LogP contribution in [0.25, 0.3) is 11.3 Å². The van der Waals surface area contributed by atoms with Gasteiger partial charge >= 0.3 is 12.4 Å². The molecule has 1 aromatic heterocycles. The number of carbonyl (C=O) groups excluding carboxylic acids is 1. The molecule has 5 nitrogen and oxygen atoms in total. The Morgan fingerprint density at radius 3 is 2.24 bits per heavy atom. The van der Waals surface area contributed by atoms with Gasteiger partial charge in [0.05, 0.1) is 10.2 Å². The van der Waals surface area contributed by atoms with Gasteiger partial charge in [0.15, 0.2) is 12.3 Å². The number of rotatable bonds is 7. The maximum absolute atomic E-state index is 13.1. The number of carbonyl (C=O) groups is 1. The maximum atomic E-state index is 13.1. The molecule has 0 fully saturated rings. The zero-order valence-corrected chi connectivity index (χ0v) is 18.3. The monoisotopic (exact) mass is 535 g/mol. The van der Waals surface area contributed by atoms with Crippen molar-refractivity contribution in [1.82, 2.24) is 15.1 Å². The van der Waals surface area contributed by atoms with Crippen molar-refractivity contribution < 1.29 is 35.9 Å². The SMILES string of the molecule is O=C(NCc1ccccc1OCC(F)(F)F)c1nn(CC(F)(F)F)c(-c2ccccc2)c1Br. The van der Waals surface area contributed by atoms with Crippen LogP contribution in [0.1, 0.15) is 16.1 Å². The van der Waals surface area contributed by atoms with Gasteiger partial charge in [-0.15, -0.1) is 0 Å². The number of amides is 1. The molecule has 0 aliphatic carbocycles. The van der Waals surface area contributed by atoms with Crippen molar-refractivity contribution in [2.45, 2.75) is 25.4 Å². The topological polar surface area (TPSA) is 56.1 Å². The standard InChI is InChI=1S/C21H16BrF6N3O2/c22-16-17(30-31(11-20(23,24)25)18(16)13-6-2-1-3-7-13)19(32)29-10-14-8-4-5-9-15(14)33-12-21(26,27)28/h1-9H,10-12H2,(H,29,32). The highest BCUT2D eigenvalue weighted by Crippen LogP contribution is 2.33. The molecule has 0 radical (unpaired) electrons. The molecule has 33 heavy (non-hydrogen) atoms. The predicted molar refractivity (Wildman–Crippen MR) is 111 cm³/mol. The van der Waals surface area contributed by atoms with Crippen molar-refractivity contribution in [3.05, 3.63) is 70.3 Å². The highest BCUT2D eigenvalue weighted by atomic mass is 79.9. The molecule has 0 saturated carbocycles. The molecule has 0 bridgehead atoms. The molecule has 0 saturated heterocycles. The van der Waals surface area contributed by atoms with Gasteiger partial charge < -0.3 is 10.1 Å². The van der Waals surface area contributed by atoms with E-state index >= 15 is 0 Å². The summed E-state index contributed by atoms with van der Waals surface area (Å²) >= 11 is 3.17. The number of ether oxygens (including phenoxy) is 1. The Morgan fingerprint density at radius 2 is 1.61 bits per heavy atom. The average Bonchev–Trinajstić information content (AvgIpc) is 3.05. The first-order chi connectivity index (χ1) is 15.4. The second-order valence-corrected chi connectivity index (χ2v) is 7.64. The van der Waals surface area contributed by atoms with Crippen molar-refractivity contribution >= 4 is 21.8 Å². The highest BCUT2D eigenvalue weighted by molar-refractivity contribution is 9.10. The lowest BCUT2D eigenvalue weighted by Crippen LogP contribution is -2.25. The maximum Gasteiger partial charge on any atom is 0.422 e. The van der Waals surface area contributed by atoms with Gasteiger partial charge in [0, 0.05) is 17.7 Å². The summed E-state index contributed by atoms with van der Waals surface area (Å²) in [6.07, 6.45) is -9.13. The third-order valence-corrected chi connectivity index (χ3v) is 5.04. The molecule has 1 N–H and O–H groups in total. The molecule has 0 spiro atoms. The summed E-state index contributed by atoms with van der Waals surface area (Å²) in [5, 5.41) is 6.29. The Labute approximate surface area is 192 Å². The summed E-state index contributed by atoms with van der Waals surface area (Å²) in [4.78, 5) is 12.7. The number of benzene rings is 2. The van der Waals surface area contributed by atoms with E-state index in [1.807, 2.05) is 0 Å². The number of nitrogens with one attached hydrogen (secondary N) is 1. The number of halogens is 7. The van der Waals surface area contributed by atoms with Gasteiger partial charge in [0.25, 0.3) is 5.91 Å². The Kier molecular flexibility index (Phi) is 7.35. The van der Waals surface area contributed by atoms with Crippen LogP contribution < -0.4 is 10.1 Å². The van der Waals surface area contributed by atoms with E-state index in [0.29, 0.717) is 10.2 Å². The molecule has 2 aromatic carbocycles. The number of hydrogen-bond donors (Lipinski definition) is 1. The molecule has 3 rings (SSSR count). The molecule has 0 aliphatic rings. The van der Waals surface area contributed by atoms with Crippen LogP contribution in [0.5, 0.6) is 5.75 Å². The normalized spacial score (nSPS) is 12.0. The van der Waals surface area contributed by atoms with Crippen molar-refractivity contribution in [2.24, 2.45) is 0 Å². The fraction of sp³-hybridized carbons (Fsp3) is 0.238. The van der Waals surface area contributed by atoms with E-state index < -0.39 is 31.4 Å². The van der Waals surface area contributed by atoms with Crippen molar-refractivity contribution in [3.8, 4) is 17.0 Å². The molecule has 12 heteroatoms. The fourth-order valence-corrected chi connectivity index (χ4v) is 3.64. The molecule has 0 aliphatic heterocycles. The minimum absolute atomic E-state index is 0.0528. The van der Waals surface area contributed by atoms with Crippen LogP contribution in [0.3, 0.4) is 0 Å². The number of hydrogen-bond acceptors (Lipinski definition) is 3. The third kappa shape index (κ3) is 6.73. The van der Waals surface area contributed by atoms with Gasteiger partial charge in [-0.3, -0.25) is 9.48 Å². The Balaban J connectivity index is 1.84. The highest BCUT2D eigenvalue weighted by Gasteiger charge is 2.33. The number of para-hydroxylation sites is 1. The summed E-state index contributed by atoms with van der Waals surface area (Å²) in [6, 6.07) is 13.9. The summed E-state index contributed by atoms with van der Waals surface area (Å²) in [6.45, 7) is -3.16. The summed E-state index contributed by atoms with van der Waals surface area (Å²) in [7, 11) is 0. The number of nitrogens with zero attached hydrogens (tertiary/aromatic N) is 2. The van der Waals surface area contributed by atoms with Crippen molar-refractivity contribution in [1.29, 1.82) is 0 Å². The predicted octanol–water partition coefficient (Wildman–Crippen LogP) is 5.75. The lowest BCUT2D eigenvalue weighted by atomic mass is 10.1. The van der Waals surface area contributed by atoms with Crippen LogP contribution in [0.2, 0.25) is 0 Å². The minimum atomic E-state index is -4.59. The number of alkyl halides is 6. The molecule has 3 aromatic rings. The first-order valence-electron chi connectivity index (χ1n) is 9.39. The van der Waals surface area contributed by atoms with Crippen molar-refractivity contribution in [3.63, 3.8) is 0 Å². The van der Waals surface area contributed by atoms with Crippen LogP contribution in [0, 0.1) is 0 Å². The van der Waals surface area contributed by atoms with Crippen LogP contribution in [-0.4, -0.2) is 34.6 Å². The first kappa shape index (κ1) is 24.6. The largest absolute Gasteiger partial charge is 0.484 e. The summed E-state index contributed by atoms with van der Waals surface area (Å²) in [5.41, 5.74) is 0.425. The molecule has 1 amide bonds. The Bertz CT molecular complexity index is 1110. The lowest BCUT2D eigenvalue weighted by molar-refractivity contribution is -0.153. The van der Waals surface area contributed by atoms with Crippen LogP contribution in [-0.2, 0) is 13.1 Å². The van der Waals surface area contributed by atoms with E-state index in [4.69, 9.17) is 4.74 Å². The quantitative estimate of drug-likeness (QED) is 0.392. The first-order valence-corrected chi connectivity index (χ1v) is 10.2. The van der Waals surface area contributed by atoms with E-state index in [0.717, 1.165) is 0 Å². The molecule has 1 heterocycles. The average molecular weight is 536 g/mol. The van der Waals surface area contributed by atoms with E-state index in [1.54, 1.807) is 36.4 Å². The zero-order chi connectivity index (χ0) is 24.2. The van der Waals surface area contributed by atoms with Crippen LogP contribution in [0.4, 0.5) is 26.3 Å². The van der Waals surface area contributed by atoms with E-state index in [9.17, 15) is 31.1 Å². The molecule has 0 unspecified atom stereocenters. The van der Waals surface area contributed by atoms with E-state index in [2.05, 4.69) is 26.3 Å². The van der Waals surface area contributed by atoms with Crippen LogP contribution in [0.15, 0.2) is 59.1 Å². The second kappa shape index (κ2) is 9.86. The summed E-state index contributed by atoms with van der Waals surface area (Å²) < 4.78 is 82.1. The molecular formula is C21H16BrF6N3O2. The number of aromatic nitrogens is 2. The smallest absolute Gasteiger partial charge is 0.422 e. The van der Waals surface area contributed by atoms with Gasteiger partial charge in [0.2, 0.25) is 0 Å². The van der Waals surface area contributed by atoms with Gasteiger partial charge in [-0.2, -0.15) is 31.4 Å². The van der Waals surface area contributed by atoms with Crippen molar-refractivity contribution in [2.75, 3.05) is 6.61 Å². The molecule has 176 valence electrons. The Hall–Kier alpha value is -3.02.